The van der Waals surface area contributed by atoms with E-state index < -0.39 is 4.84 Å². The molecule has 2 rings (SSSR count). The quantitative estimate of drug-likeness (QED) is 0.808. The molecule has 0 bridgehead atoms. The van der Waals surface area contributed by atoms with Crippen LogP contribution in [0.5, 0.6) is 5.75 Å². The normalized spacial score (nSPS) is 15.5. The Bertz CT molecular complexity index is 599. The number of ether oxygens (including phenoxy) is 1. The van der Waals surface area contributed by atoms with Gasteiger partial charge < -0.3 is 15.0 Å². The van der Waals surface area contributed by atoms with Crippen molar-refractivity contribution >= 4 is 35.0 Å². The van der Waals surface area contributed by atoms with Gasteiger partial charge in [0, 0.05) is 19.1 Å². The van der Waals surface area contributed by atoms with Crippen LogP contribution in [-0.4, -0.2) is 47.3 Å². The van der Waals surface area contributed by atoms with Crippen LogP contribution in [-0.2, 0) is 9.59 Å². The third-order valence-corrected chi connectivity index (χ3v) is 4.65. The number of aryl methyl sites for hydroxylation is 1. The van der Waals surface area contributed by atoms with Crippen molar-refractivity contribution in [2.45, 2.75) is 37.6 Å². The molecular weight excluding hydrogens is 351 g/mol. The summed E-state index contributed by atoms with van der Waals surface area (Å²) >= 11 is 11.2. The van der Waals surface area contributed by atoms with Gasteiger partial charge in [0.05, 0.1) is 0 Å². The summed E-state index contributed by atoms with van der Waals surface area (Å²) in [5, 5.41) is 2.94. The molecule has 1 saturated heterocycles. The van der Waals surface area contributed by atoms with E-state index in [9.17, 15) is 9.59 Å². The number of alkyl halides is 2. The number of nitrogens with one attached hydrogen (secondary N) is 1. The van der Waals surface area contributed by atoms with E-state index in [0.717, 1.165) is 16.9 Å². The van der Waals surface area contributed by atoms with Gasteiger partial charge in [0.2, 0.25) is 0 Å². The second-order valence-corrected chi connectivity index (χ2v) is 7.05. The van der Waals surface area contributed by atoms with Gasteiger partial charge in [-0.3, -0.25) is 9.59 Å². The van der Waals surface area contributed by atoms with E-state index in [1.807, 2.05) is 32.0 Å². The maximum atomic E-state index is 12.0. The van der Waals surface area contributed by atoms with E-state index in [4.69, 9.17) is 27.9 Å². The Hall–Kier alpha value is -1.46. The number of carbonyl (C=O) groups excluding carboxylic acids is 2. The zero-order valence-electron chi connectivity index (χ0n) is 13.9. The standard InChI is InChI=1S/C17H22Cl2N2O3/c1-11-4-3-5-14(12(11)2)24-10-15(22)20-13-6-8-21(9-7-13)17(23)16(18)19/h3-5,13,16H,6-10H2,1-2H3,(H,20,22). The summed E-state index contributed by atoms with van der Waals surface area (Å²) in [5.41, 5.74) is 2.16. The third kappa shape index (κ3) is 5.02. The molecule has 1 aliphatic rings. The first-order valence-electron chi connectivity index (χ1n) is 7.93. The van der Waals surface area contributed by atoms with Gasteiger partial charge in [-0.15, -0.1) is 0 Å². The number of rotatable bonds is 5. The molecule has 24 heavy (non-hydrogen) atoms. The van der Waals surface area contributed by atoms with Gasteiger partial charge in [-0.2, -0.15) is 0 Å². The highest BCUT2D eigenvalue weighted by Gasteiger charge is 2.26. The lowest BCUT2D eigenvalue weighted by molar-refractivity contribution is -0.130. The smallest absolute Gasteiger partial charge is 0.258 e. The van der Waals surface area contributed by atoms with Gasteiger partial charge in [0.25, 0.3) is 11.8 Å². The van der Waals surface area contributed by atoms with Crippen LogP contribution in [0.25, 0.3) is 0 Å². The zero-order valence-corrected chi connectivity index (χ0v) is 15.4. The highest BCUT2D eigenvalue weighted by atomic mass is 35.5. The summed E-state index contributed by atoms with van der Waals surface area (Å²) < 4.78 is 5.60. The summed E-state index contributed by atoms with van der Waals surface area (Å²) in [7, 11) is 0. The zero-order chi connectivity index (χ0) is 17.7. The van der Waals surface area contributed by atoms with E-state index in [0.29, 0.717) is 25.9 Å². The molecule has 1 aliphatic heterocycles. The SMILES string of the molecule is Cc1cccc(OCC(=O)NC2CCN(C(=O)C(Cl)Cl)CC2)c1C. The minimum Gasteiger partial charge on any atom is -0.483 e. The maximum absolute atomic E-state index is 12.0. The highest BCUT2D eigenvalue weighted by molar-refractivity contribution is 6.53. The van der Waals surface area contributed by atoms with Crippen LogP contribution in [0.2, 0.25) is 0 Å². The van der Waals surface area contributed by atoms with Crippen molar-refractivity contribution in [2.24, 2.45) is 0 Å². The van der Waals surface area contributed by atoms with Gasteiger partial charge in [-0.05, 0) is 43.9 Å². The molecule has 0 aromatic heterocycles. The van der Waals surface area contributed by atoms with Crippen molar-refractivity contribution in [1.29, 1.82) is 0 Å². The fourth-order valence-electron chi connectivity index (χ4n) is 2.68. The predicted octanol–water partition coefficient (Wildman–Crippen LogP) is 2.59. The fourth-order valence-corrected chi connectivity index (χ4v) is 2.95. The number of likely N-dealkylation sites (tertiary alicyclic amines) is 1. The molecule has 1 fully saturated rings. The molecule has 0 aliphatic carbocycles. The topological polar surface area (TPSA) is 58.6 Å². The number of piperidine rings is 1. The first kappa shape index (κ1) is 18.9. The summed E-state index contributed by atoms with van der Waals surface area (Å²) in [6.45, 7) is 5.03. The van der Waals surface area contributed by atoms with Gasteiger partial charge in [-0.25, -0.2) is 0 Å². The molecule has 0 saturated carbocycles. The molecule has 0 radical (unpaired) electrons. The van der Waals surface area contributed by atoms with Crippen molar-refractivity contribution in [2.75, 3.05) is 19.7 Å². The van der Waals surface area contributed by atoms with E-state index in [1.165, 1.54) is 0 Å². The molecule has 0 unspecified atom stereocenters. The molecule has 2 amide bonds. The Morgan fingerprint density at radius 3 is 2.58 bits per heavy atom. The number of hydrogen-bond donors (Lipinski definition) is 1. The first-order valence-corrected chi connectivity index (χ1v) is 8.81. The lowest BCUT2D eigenvalue weighted by Crippen LogP contribution is -2.48. The monoisotopic (exact) mass is 372 g/mol. The second-order valence-electron chi connectivity index (χ2n) is 5.95. The lowest BCUT2D eigenvalue weighted by atomic mass is 10.1. The molecule has 7 heteroatoms. The van der Waals surface area contributed by atoms with E-state index in [1.54, 1.807) is 4.90 Å². The van der Waals surface area contributed by atoms with E-state index in [-0.39, 0.29) is 24.5 Å². The van der Waals surface area contributed by atoms with Crippen LogP contribution in [0.1, 0.15) is 24.0 Å². The molecular formula is C17H22Cl2N2O3. The predicted molar refractivity (Wildman–Crippen MR) is 94.6 cm³/mol. The van der Waals surface area contributed by atoms with Gasteiger partial charge in [-0.1, -0.05) is 35.3 Å². The number of amides is 2. The van der Waals surface area contributed by atoms with Crippen LogP contribution >= 0.6 is 23.2 Å². The number of hydrogen-bond acceptors (Lipinski definition) is 3. The Morgan fingerprint density at radius 1 is 1.29 bits per heavy atom. The average Bonchev–Trinajstić information content (AvgIpc) is 2.56. The van der Waals surface area contributed by atoms with Crippen molar-refractivity contribution in [3.8, 4) is 5.75 Å². The molecule has 5 nitrogen and oxygen atoms in total. The fraction of sp³-hybridized carbons (Fsp3) is 0.529. The summed E-state index contributed by atoms with van der Waals surface area (Å²) in [5.74, 6) is 0.287. The number of carbonyl (C=O) groups is 2. The molecule has 0 atom stereocenters. The van der Waals surface area contributed by atoms with Crippen molar-refractivity contribution < 1.29 is 14.3 Å². The Kier molecular flexibility index (Phi) is 6.75. The summed E-state index contributed by atoms with van der Waals surface area (Å²) in [4.78, 5) is 24.3. The molecule has 1 N–H and O–H groups in total. The van der Waals surface area contributed by atoms with Crippen molar-refractivity contribution in [1.82, 2.24) is 10.2 Å². The van der Waals surface area contributed by atoms with Gasteiger partial charge >= 0.3 is 0 Å². The van der Waals surface area contributed by atoms with Crippen LogP contribution in [0.3, 0.4) is 0 Å². The first-order chi connectivity index (χ1) is 11.4. The largest absolute Gasteiger partial charge is 0.483 e. The van der Waals surface area contributed by atoms with Crippen molar-refractivity contribution in [3.63, 3.8) is 0 Å². The van der Waals surface area contributed by atoms with Gasteiger partial charge in [0.1, 0.15) is 5.75 Å². The highest BCUT2D eigenvalue weighted by Crippen LogP contribution is 2.20. The van der Waals surface area contributed by atoms with Gasteiger partial charge in [0.15, 0.2) is 11.4 Å². The molecule has 0 spiro atoms. The van der Waals surface area contributed by atoms with Crippen LogP contribution < -0.4 is 10.1 Å². The van der Waals surface area contributed by atoms with Crippen LogP contribution in [0, 0.1) is 13.8 Å². The molecule has 1 aromatic rings. The van der Waals surface area contributed by atoms with Crippen LogP contribution in [0.4, 0.5) is 0 Å². The molecule has 1 heterocycles. The average molecular weight is 373 g/mol. The maximum Gasteiger partial charge on any atom is 0.258 e. The second kappa shape index (κ2) is 8.58. The minimum absolute atomic E-state index is 0.0190. The minimum atomic E-state index is -1.03. The lowest BCUT2D eigenvalue weighted by Gasteiger charge is -2.32. The number of benzene rings is 1. The van der Waals surface area contributed by atoms with E-state index >= 15 is 0 Å². The molecule has 132 valence electrons. The summed E-state index contributed by atoms with van der Waals surface area (Å²) in [6, 6.07) is 5.80. The van der Waals surface area contributed by atoms with Crippen molar-refractivity contribution in [3.05, 3.63) is 29.3 Å². The Morgan fingerprint density at radius 2 is 1.96 bits per heavy atom. The Balaban J connectivity index is 1.76. The Labute approximate surface area is 152 Å². The number of nitrogens with zero attached hydrogens (tertiary/aromatic N) is 1. The van der Waals surface area contributed by atoms with Crippen LogP contribution in [0.15, 0.2) is 18.2 Å². The number of halogens is 2. The summed E-state index contributed by atoms with van der Waals surface area (Å²) in [6.07, 6.45) is 1.36. The van der Waals surface area contributed by atoms with E-state index in [2.05, 4.69) is 5.32 Å². The third-order valence-electron chi connectivity index (χ3n) is 4.27. The molecule has 1 aromatic carbocycles.